The minimum atomic E-state index is -0.389. The highest BCUT2D eigenvalue weighted by atomic mass is 15.2. The molecule has 3 nitrogen and oxygen atoms in total. The summed E-state index contributed by atoms with van der Waals surface area (Å²) < 4.78 is 0. The number of nitrogens with one attached hydrogen (secondary N) is 1. The largest absolute Gasteiger partial charge is 0.300 e. The summed E-state index contributed by atoms with van der Waals surface area (Å²) in [7, 11) is 0. The maximum absolute atomic E-state index is 9.25. The number of hydrogen-bond donors (Lipinski definition) is 1. The van der Waals surface area contributed by atoms with E-state index in [1.54, 1.807) is 0 Å². The van der Waals surface area contributed by atoms with E-state index in [1.807, 2.05) is 6.92 Å². The van der Waals surface area contributed by atoms with Gasteiger partial charge in [-0.25, -0.2) is 0 Å². The lowest BCUT2D eigenvalue weighted by molar-refractivity contribution is 0.136. The monoisotopic (exact) mass is 237 g/mol. The molecule has 0 saturated carbocycles. The van der Waals surface area contributed by atoms with Crippen molar-refractivity contribution in [2.24, 2.45) is 11.8 Å². The van der Waals surface area contributed by atoms with Crippen LogP contribution in [0, 0.1) is 23.2 Å². The van der Waals surface area contributed by atoms with Crippen molar-refractivity contribution in [2.75, 3.05) is 26.2 Å². The summed E-state index contributed by atoms with van der Waals surface area (Å²) in [5, 5.41) is 12.5. The molecule has 1 aliphatic rings. The molecule has 0 amide bonds. The summed E-state index contributed by atoms with van der Waals surface area (Å²) >= 11 is 0. The highest BCUT2D eigenvalue weighted by Gasteiger charge is 2.29. The topological polar surface area (TPSA) is 39.1 Å². The second kappa shape index (κ2) is 6.37. The molecule has 0 spiro atoms. The van der Waals surface area contributed by atoms with E-state index in [0.717, 1.165) is 38.0 Å². The highest BCUT2D eigenvalue weighted by Crippen LogP contribution is 2.25. The molecule has 17 heavy (non-hydrogen) atoms. The Kier molecular flexibility index (Phi) is 5.42. The van der Waals surface area contributed by atoms with E-state index in [-0.39, 0.29) is 5.54 Å². The van der Waals surface area contributed by atoms with Crippen LogP contribution in [-0.2, 0) is 0 Å². The molecule has 0 aromatic heterocycles. The van der Waals surface area contributed by atoms with Crippen LogP contribution >= 0.6 is 0 Å². The Bertz CT molecular complexity index is 261. The summed E-state index contributed by atoms with van der Waals surface area (Å²) in [6, 6.07) is 2.41. The molecule has 1 aliphatic heterocycles. The van der Waals surface area contributed by atoms with E-state index in [9.17, 15) is 5.26 Å². The van der Waals surface area contributed by atoms with E-state index < -0.39 is 0 Å². The molecule has 1 fully saturated rings. The van der Waals surface area contributed by atoms with Crippen molar-refractivity contribution in [2.45, 2.75) is 46.1 Å². The first-order valence-electron chi connectivity index (χ1n) is 6.89. The fourth-order valence-electron chi connectivity index (χ4n) is 2.75. The fourth-order valence-corrected chi connectivity index (χ4v) is 2.75. The number of piperidine rings is 1. The summed E-state index contributed by atoms with van der Waals surface area (Å²) in [4.78, 5) is 2.44. The molecule has 0 bridgehead atoms. The van der Waals surface area contributed by atoms with Gasteiger partial charge in [0.15, 0.2) is 0 Å². The Morgan fingerprint density at radius 3 is 2.41 bits per heavy atom. The standard InChI is InChI=1S/C14H27N3/c1-5-16-14(4,10-15)11-17-8-6-13(7-9-17)12(2)3/h12-13,16H,5-9,11H2,1-4H3. The van der Waals surface area contributed by atoms with Crippen LogP contribution < -0.4 is 5.32 Å². The van der Waals surface area contributed by atoms with Crippen molar-refractivity contribution < 1.29 is 0 Å². The molecular weight excluding hydrogens is 210 g/mol. The van der Waals surface area contributed by atoms with Gasteiger partial charge in [0.25, 0.3) is 0 Å². The quantitative estimate of drug-likeness (QED) is 0.797. The van der Waals surface area contributed by atoms with E-state index >= 15 is 0 Å². The molecule has 1 heterocycles. The maximum atomic E-state index is 9.25. The predicted molar refractivity (Wildman–Crippen MR) is 71.7 cm³/mol. The fraction of sp³-hybridized carbons (Fsp3) is 0.929. The number of likely N-dealkylation sites (N-methyl/N-ethyl adjacent to an activating group) is 1. The summed E-state index contributed by atoms with van der Waals surface area (Å²) in [5.41, 5.74) is -0.389. The van der Waals surface area contributed by atoms with Crippen LogP contribution in [0.3, 0.4) is 0 Å². The zero-order chi connectivity index (χ0) is 12.9. The normalized spacial score (nSPS) is 22.4. The first kappa shape index (κ1) is 14.5. The minimum Gasteiger partial charge on any atom is -0.300 e. The van der Waals surface area contributed by atoms with Gasteiger partial charge in [0, 0.05) is 6.54 Å². The molecular formula is C14H27N3. The van der Waals surface area contributed by atoms with E-state index in [4.69, 9.17) is 0 Å². The van der Waals surface area contributed by atoms with Crippen LogP contribution in [0.25, 0.3) is 0 Å². The molecule has 0 aliphatic carbocycles. The third-order valence-electron chi connectivity index (χ3n) is 3.93. The smallest absolute Gasteiger partial charge is 0.116 e. The second-order valence-corrected chi connectivity index (χ2v) is 5.83. The zero-order valence-electron chi connectivity index (χ0n) is 11.8. The number of nitriles is 1. The summed E-state index contributed by atoms with van der Waals surface area (Å²) in [6.45, 7) is 12.7. The predicted octanol–water partition coefficient (Wildman–Crippen LogP) is 2.25. The molecule has 0 aromatic carbocycles. The average Bonchev–Trinajstić information content (AvgIpc) is 2.30. The maximum Gasteiger partial charge on any atom is 0.116 e. The van der Waals surface area contributed by atoms with Gasteiger partial charge in [-0.05, 0) is 51.2 Å². The number of hydrogen-bond acceptors (Lipinski definition) is 3. The van der Waals surface area contributed by atoms with Crippen molar-refractivity contribution in [3.63, 3.8) is 0 Å². The van der Waals surface area contributed by atoms with Crippen molar-refractivity contribution in [3.8, 4) is 6.07 Å². The van der Waals surface area contributed by atoms with Crippen LogP contribution in [0.15, 0.2) is 0 Å². The first-order valence-corrected chi connectivity index (χ1v) is 6.89. The van der Waals surface area contributed by atoms with Crippen molar-refractivity contribution in [1.29, 1.82) is 5.26 Å². The molecule has 0 radical (unpaired) electrons. The third kappa shape index (κ3) is 4.29. The lowest BCUT2D eigenvalue weighted by Gasteiger charge is -2.37. The van der Waals surface area contributed by atoms with Crippen molar-refractivity contribution >= 4 is 0 Å². The van der Waals surface area contributed by atoms with Gasteiger partial charge in [-0.2, -0.15) is 5.26 Å². The lowest BCUT2D eigenvalue weighted by atomic mass is 9.86. The van der Waals surface area contributed by atoms with Gasteiger partial charge in [-0.1, -0.05) is 20.8 Å². The molecule has 1 rings (SSSR count). The Balaban J connectivity index is 2.42. The van der Waals surface area contributed by atoms with Crippen molar-refractivity contribution in [1.82, 2.24) is 10.2 Å². The van der Waals surface area contributed by atoms with Gasteiger partial charge in [0.2, 0.25) is 0 Å². The molecule has 98 valence electrons. The van der Waals surface area contributed by atoms with Crippen LogP contribution in [0.4, 0.5) is 0 Å². The van der Waals surface area contributed by atoms with Gasteiger partial charge in [0.1, 0.15) is 5.54 Å². The Hall–Kier alpha value is -0.590. The zero-order valence-corrected chi connectivity index (χ0v) is 11.8. The van der Waals surface area contributed by atoms with Gasteiger partial charge >= 0.3 is 0 Å². The molecule has 1 unspecified atom stereocenters. The SMILES string of the molecule is CCNC(C)(C#N)CN1CCC(C(C)C)CC1. The Labute approximate surface area is 106 Å². The summed E-state index contributed by atoms with van der Waals surface area (Å²) in [5.74, 6) is 1.67. The van der Waals surface area contributed by atoms with Crippen molar-refractivity contribution in [3.05, 3.63) is 0 Å². The van der Waals surface area contributed by atoms with E-state index in [2.05, 4.69) is 37.1 Å². The third-order valence-corrected chi connectivity index (χ3v) is 3.93. The molecule has 1 saturated heterocycles. The molecule has 1 N–H and O–H groups in total. The van der Waals surface area contributed by atoms with Crippen LogP contribution in [-0.4, -0.2) is 36.6 Å². The lowest BCUT2D eigenvalue weighted by Crippen LogP contribution is -2.52. The van der Waals surface area contributed by atoms with Gasteiger partial charge < -0.3 is 4.90 Å². The first-order chi connectivity index (χ1) is 8.00. The van der Waals surface area contributed by atoms with Gasteiger partial charge in [-0.15, -0.1) is 0 Å². The Morgan fingerprint density at radius 1 is 1.41 bits per heavy atom. The van der Waals surface area contributed by atoms with Crippen LogP contribution in [0.2, 0.25) is 0 Å². The van der Waals surface area contributed by atoms with Gasteiger partial charge in [-0.3, -0.25) is 5.32 Å². The molecule has 3 heteroatoms. The number of rotatable bonds is 5. The highest BCUT2D eigenvalue weighted by molar-refractivity contribution is 5.05. The molecule has 0 aromatic rings. The minimum absolute atomic E-state index is 0.389. The summed E-state index contributed by atoms with van der Waals surface area (Å²) in [6.07, 6.45) is 2.57. The van der Waals surface area contributed by atoms with E-state index in [1.165, 1.54) is 12.8 Å². The van der Waals surface area contributed by atoms with Gasteiger partial charge in [0.05, 0.1) is 6.07 Å². The Morgan fingerprint density at radius 2 is 2.00 bits per heavy atom. The molecule has 1 atom stereocenters. The second-order valence-electron chi connectivity index (χ2n) is 5.83. The number of nitrogens with zero attached hydrogens (tertiary/aromatic N) is 2. The van der Waals surface area contributed by atoms with Crippen LogP contribution in [0.5, 0.6) is 0 Å². The van der Waals surface area contributed by atoms with Crippen LogP contribution in [0.1, 0.15) is 40.5 Å². The van der Waals surface area contributed by atoms with E-state index in [0.29, 0.717) is 0 Å². The average molecular weight is 237 g/mol. The number of likely N-dealkylation sites (tertiary alicyclic amines) is 1.